The average molecular weight is 272 g/mol. The molecule has 0 saturated carbocycles. The van der Waals surface area contributed by atoms with Gasteiger partial charge in [-0.3, -0.25) is 4.79 Å². The molecule has 0 aromatic carbocycles. The maximum absolute atomic E-state index is 12.0. The van der Waals surface area contributed by atoms with Gasteiger partial charge in [-0.25, -0.2) is 4.79 Å². The second-order valence-electron chi connectivity index (χ2n) is 5.05. The lowest BCUT2D eigenvalue weighted by Crippen LogP contribution is -2.45. The Morgan fingerprint density at radius 1 is 1.53 bits per heavy atom. The minimum atomic E-state index is -0.882. The number of aliphatic carboxylic acids is 1. The van der Waals surface area contributed by atoms with E-state index >= 15 is 0 Å². The summed E-state index contributed by atoms with van der Waals surface area (Å²) < 4.78 is 5.35. The van der Waals surface area contributed by atoms with Gasteiger partial charge in [-0.05, 0) is 25.7 Å². The molecule has 0 aliphatic carbocycles. The minimum absolute atomic E-state index is 0.193. The first-order valence-electron chi connectivity index (χ1n) is 6.87. The van der Waals surface area contributed by atoms with Gasteiger partial charge in [0.1, 0.15) is 0 Å². The van der Waals surface area contributed by atoms with Gasteiger partial charge in [0.2, 0.25) is 0 Å². The van der Waals surface area contributed by atoms with E-state index in [1.165, 1.54) is 4.90 Å². The number of ether oxygens (including phenoxy) is 1. The van der Waals surface area contributed by atoms with E-state index in [0.717, 1.165) is 19.4 Å². The number of carbonyl (C=O) groups excluding carboxylic acids is 1. The molecule has 2 amide bonds. The molecule has 0 radical (unpaired) electrons. The molecule has 0 spiro atoms. The Morgan fingerprint density at radius 2 is 2.26 bits per heavy atom. The van der Waals surface area contributed by atoms with Crippen molar-refractivity contribution in [3.8, 4) is 0 Å². The highest BCUT2D eigenvalue weighted by molar-refractivity contribution is 5.75. The Kier molecular flexibility index (Phi) is 6.62. The van der Waals surface area contributed by atoms with Crippen LogP contribution >= 0.6 is 0 Å². The van der Waals surface area contributed by atoms with E-state index in [1.54, 1.807) is 6.92 Å². The Labute approximate surface area is 114 Å². The van der Waals surface area contributed by atoms with Crippen LogP contribution in [0.15, 0.2) is 0 Å². The summed E-state index contributed by atoms with van der Waals surface area (Å²) in [6.45, 7) is 6.28. The Bertz CT molecular complexity index is 303. The predicted octanol–water partition coefficient (Wildman–Crippen LogP) is 1.17. The Hall–Kier alpha value is -1.30. The third-order valence-corrected chi connectivity index (χ3v) is 3.38. The third kappa shape index (κ3) is 5.46. The average Bonchev–Trinajstić information content (AvgIpc) is 2.42. The van der Waals surface area contributed by atoms with Gasteiger partial charge in [0, 0.05) is 26.2 Å². The number of rotatable bonds is 6. The third-order valence-electron chi connectivity index (χ3n) is 3.38. The van der Waals surface area contributed by atoms with Crippen molar-refractivity contribution in [3.05, 3.63) is 0 Å². The molecule has 2 atom stereocenters. The normalized spacial score (nSPS) is 20.6. The van der Waals surface area contributed by atoms with Crippen molar-refractivity contribution >= 4 is 12.0 Å². The molecule has 110 valence electrons. The molecule has 6 nitrogen and oxygen atoms in total. The SMILES string of the molecule is CCN(CC(C)C(=O)O)C(=O)NCC1CCCOC1. The molecule has 1 aliphatic rings. The standard InChI is InChI=1S/C13H24N2O4/c1-3-15(8-10(2)12(16)17)13(18)14-7-11-5-4-6-19-9-11/h10-11H,3-9H2,1-2H3,(H,14,18)(H,16,17). The first kappa shape index (κ1) is 15.8. The maximum atomic E-state index is 12.0. The van der Waals surface area contributed by atoms with Crippen LogP contribution in [0.1, 0.15) is 26.7 Å². The lowest BCUT2D eigenvalue weighted by Gasteiger charge is -2.26. The van der Waals surface area contributed by atoms with Crippen molar-refractivity contribution in [1.29, 1.82) is 0 Å². The zero-order valence-electron chi connectivity index (χ0n) is 11.7. The molecular weight excluding hydrogens is 248 g/mol. The van der Waals surface area contributed by atoms with Gasteiger partial charge in [0.25, 0.3) is 0 Å². The zero-order valence-corrected chi connectivity index (χ0v) is 11.7. The first-order chi connectivity index (χ1) is 9.04. The van der Waals surface area contributed by atoms with Crippen LogP contribution in [0.4, 0.5) is 4.79 Å². The summed E-state index contributed by atoms with van der Waals surface area (Å²) >= 11 is 0. The number of carboxylic acids is 1. The van der Waals surface area contributed by atoms with Crippen LogP contribution in [-0.4, -0.2) is 54.9 Å². The number of carboxylic acid groups (broad SMARTS) is 1. The van der Waals surface area contributed by atoms with Crippen LogP contribution < -0.4 is 5.32 Å². The molecule has 1 rings (SSSR count). The van der Waals surface area contributed by atoms with E-state index in [2.05, 4.69) is 5.32 Å². The Balaban J connectivity index is 2.34. The second kappa shape index (κ2) is 7.99. The summed E-state index contributed by atoms with van der Waals surface area (Å²) in [4.78, 5) is 24.3. The minimum Gasteiger partial charge on any atom is -0.481 e. The highest BCUT2D eigenvalue weighted by Crippen LogP contribution is 2.12. The number of nitrogens with one attached hydrogen (secondary N) is 1. The Morgan fingerprint density at radius 3 is 2.79 bits per heavy atom. The lowest BCUT2D eigenvalue weighted by atomic mass is 10.0. The van der Waals surface area contributed by atoms with Crippen molar-refractivity contribution in [2.45, 2.75) is 26.7 Å². The molecule has 2 unspecified atom stereocenters. The van der Waals surface area contributed by atoms with E-state index < -0.39 is 11.9 Å². The van der Waals surface area contributed by atoms with Gasteiger partial charge in [-0.2, -0.15) is 0 Å². The van der Waals surface area contributed by atoms with Gasteiger partial charge in [-0.15, -0.1) is 0 Å². The van der Waals surface area contributed by atoms with Crippen LogP contribution in [0.2, 0.25) is 0 Å². The van der Waals surface area contributed by atoms with E-state index in [9.17, 15) is 9.59 Å². The zero-order chi connectivity index (χ0) is 14.3. The monoisotopic (exact) mass is 272 g/mol. The fourth-order valence-electron chi connectivity index (χ4n) is 2.08. The van der Waals surface area contributed by atoms with Crippen molar-refractivity contribution in [2.24, 2.45) is 11.8 Å². The molecule has 0 bridgehead atoms. The molecule has 19 heavy (non-hydrogen) atoms. The highest BCUT2D eigenvalue weighted by Gasteiger charge is 2.20. The number of carbonyl (C=O) groups is 2. The summed E-state index contributed by atoms with van der Waals surface area (Å²) in [6, 6.07) is -0.193. The lowest BCUT2D eigenvalue weighted by molar-refractivity contribution is -0.141. The van der Waals surface area contributed by atoms with Crippen molar-refractivity contribution in [1.82, 2.24) is 10.2 Å². The summed E-state index contributed by atoms with van der Waals surface area (Å²) in [5, 5.41) is 11.7. The largest absolute Gasteiger partial charge is 0.481 e. The smallest absolute Gasteiger partial charge is 0.317 e. The van der Waals surface area contributed by atoms with Crippen molar-refractivity contribution in [3.63, 3.8) is 0 Å². The van der Waals surface area contributed by atoms with Crippen molar-refractivity contribution < 1.29 is 19.4 Å². The fourth-order valence-corrected chi connectivity index (χ4v) is 2.08. The van der Waals surface area contributed by atoms with E-state index in [4.69, 9.17) is 9.84 Å². The molecule has 2 N–H and O–H groups in total. The summed E-state index contributed by atoms with van der Waals surface area (Å²) in [6.07, 6.45) is 2.10. The molecule has 1 saturated heterocycles. The molecule has 1 fully saturated rings. The van der Waals surface area contributed by atoms with Crippen LogP contribution in [0.25, 0.3) is 0 Å². The quantitative estimate of drug-likeness (QED) is 0.760. The van der Waals surface area contributed by atoms with Gasteiger partial charge in [0.15, 0.2) is 0 Å². The molecule has 1 aliphatic heterocycles. The van der Waals surface area contributed by atoms with Crippen LogP contribution in [0.5, 0.6) is 0 Å². The van der Waals surface area contributed by atoms with Gasteiger partial charge < -0.3 is 20.1 Å². The number of hydrogen-bond donors (Lipinski definition) is 2. The van der Waals surface area contributed by atoms with E-state index in [0.29, 0.717) is 25.6 Å². The van der Waals surface area contributed by atoms with Gasteiger partial charge in [-0.1, -0.05) is 6.92 Å². The molecule has 6 heteroatoms. The molecule has 0 aromatic heterocycles. The van der Waals surface area contributed by atoms with Gasteiger partial charge >= 0.3 is 12.0 Å². The molecular formula is C13H24N2O4. The van der Waals surface area contributed by atoms with Crippen LogP contribution in [0, 0.1) is 11.8 Å². The summed E-state index contributed by atoms with van der Waals surface area (Å²) in [5.41, 5.74) is 0. The molecule has 1 heterocycles. The van der Waals surface area contributed by atoms with E-state index in [1.807, 2.05) is 6.92 Å². The second-order valence-corrected chi connectivity index (χ2v) is 5.05. The van der Waals surface area contributed by atoms with Crippen LogP contribution in [-0.2, 0) is 9.53 Å². The highest BCUT2D eigenvalue weighted by atomic mass is 16.5. The first-order valence-corrected chi connectivity index (χ1v) is 6.87. The maximum Gasteiger partial charge on any atom is 0.317 e. The van der Waals surface area contributed by atoms with Gasteiger partial charge in [0.05, 0.1) is 12.5 Å². The number of urea groups is 1. The molecule has 0 aromatic rings. The number of nitrogens with zero attached hydrogens (tertiary/aromatic N) is 1. The summed E-state index contributed by atoms with van der Waals surface area (Å²) in [5.74, 6) is -1.07. The van der Waals surface area contributed by atoms with Crippen LogP contribution in [0.3, 0.4) is 0 Å². The fraction of sp³-hybridized carbons (Fsp3) is 0.846. The number of amides is 2. The predicted molar refractivity (Wildman–Crippen MR) is 71.0 cm³/mol. The topological polar surface area (TPSA) is 78.9 Å². The van der Waals surface area contributed by atoms with Crippen molar-refractivity contribution in [2.75, 3.05) is 32.8 Å². The van der Waals surface area contributed by atoms with E-state index in [-0.39, 0.29) is 12.6 Å². The summed E-state index contributed by atoms with van der Waals surface area (Å²) in [7, 11) is 0. The number of hydrogen-bond acceptors (Lipinski definition) is 3.